The molecule has 11 heteroatoms. The van der Waals surface area contributed by atoms with Crippen molar-refractivity contribution >= 4 is 17.7 Å². The number of alkyl halides is 5. The number of hydrogen-bond acceptors (Lipinski definition) is 5. The highest BCUT2D eigenvalue weighted by molar-refractivity contribution is 7.99. The zero-order valence-corrected chi connectivity index (χ0v) is 25.6. The highest BCUT2D eigenvalue weighted by Crippen LogP contribution is 2.53. The molecule has 0 bridgehead atoms. The molecule has 1 aliphatic heterocycles. The molecule has 0 fully saturated rings. The molecule has 0 aromatic heterocycles. The summed E-state index contributed by atoms with van der Waals surface area (Å²) in [6.45, 7) is 2.58. The molecule has 3 N–H and O–H groups in total. The minimum atomic E-state index is -5.63. The zero-order valence-electron chi connectivity index (χ0n) is 24.8. The Kier molecular flexibility index (Phi) is 10.9. The van der Waals surface area contributed by atoms with E-state index in [2.05, 4.69) is 6.92 Å². The number of phenolic OH excluding ortho intramolecular Hbond substituents is 2. The van der Waals surface area contributed by atoms with Gasteiger partial charge in [-0.05, 0) is 78.8 Å². The topological polar surface area (TPSA) is 87.0 Å². The van der Waals surface area contributed by atoms with E-state index < -0.39 is 36.8 Å². The third-order valence-corrected chi connectivity index (χ3v) is 9.89. The summed E-state index contributed by atoms with van der Waals surface area (Å²) in [5.41, 5.74) is 2.94. The van der Waals surface area contributed by atoms with E-state index in [9.17, 15) is 42.1 Å². The van der Waals surface area contributed by atoms with Gasteiger partial charge in [-0.2, -0.15) is 22.0 Å². The molecule has 0 saturated carbocycles. The Labute approximate surface area is 263 Å². The van der Waals surface area contributed by atoms with Gasteiger partial charge in [0.1, 0.15) is 17.2 Å². The first kappa shape index (κ1) is 34.4. The van der Waals surface area contributed by atoms with Crippen LogP contribution in [0.25, 0.3) is 0 Å². The number of rotatable bonds is 14. The van der Waals surface area contributed by atoms with Gasteiger partial charge in [-0.1, -0.05) is 50.1 Å². The molecular formula is C34H37F5O5S. The molecule has 45 heavy (non-hydrogen) atoms. The number of benzene rings is 3. The van der Waals surface area contributed by atoms with E-state index in [1.165, 1.54) is 0 Å². The molecule has 0 radical (unpaired) electrons. The van der Waals surface area contributed by atoms with Gasteiger partial charge in [-0.25, -0.2) is 0 Å². The van der Waals surface area contributed by atoms with Crippen LogP contribution in [0.2, 0.25) is 0 Å². The molecule has 244 valence electrons. The SMILES string of the molecule is CC1(c2ccc(O)cc2)CSc2cc(O)ccc2C1c1ccc(OCCCCCC(CCCC(F)(F)C(F)(F)F)C(=O)O)cc1. The van der Waals surface area contributed by atoms with Crippen LogP contribution in [0, 0.1) is 5.92 Å². The second kappa shape index (κ2) is 14.3. The molecule has 1 aliphatic rings. The van der Waals surface area contributed by atoms with E-state index in [1.807, 2.05) is 42.5 Å². The van der Waals surface area contributed by atoms with Crippen LogP contribution in [0.4, 0.5) is 22.0 Å². The first-order valence-corrected chi connectivity index (χ1v) is 15.9. The molecule has 0 amide bonds. The summed E-state index contributed by atoms with van der Waals surface area (Å²) in [5.74, 6) is -5.18. The van der Waals surface area contributed by atoms with Gasteiger partial charge >= 0.3 is 18.1 Å². The normalized spacial score (nSPS) is 19.1. The van der Waals surface area contributed by atoms with E-state index in [4.69, 9.17) is 4.74 Å². The molecule has 3 aromatic carbocycles. The maximum atomic E-state index is 13.1. The summed E-state index contributed by atoms with van der Waals surface area (Å²) >= 11 is 1.69. The molecule has 1 heterocycles. The summed E-state index contributed by atoms with van der Waals surface area (Å²) in [5, 5.41) is 29.3. The Morgan fingerprint density at radius 2 is 1.56 bits per heavy atom. The fraction of sp³-hybridized carbons (Fsp3) is 0.441. The lowest BCUT2D eigenvalue weighted by Gasteiger charge is -2.43. The van der Waals surface area contributed by atoms with E-state index in [1.54, 1.807) is 36.0 Å². The monoisotopic (exact) mass is 652 g/mol. The van der Waals surface area contributed by atoms with Crippen molar-refractivity contribution in [1.82, 2.24) is 0 Å². The van der Waals surface area contributed by atoms with Gasteiger partial charge < -0.3 is 20.1 Å². The number of phenols is 2. The molecule has 0 saturated heterocycles. The number of halogens is 5. The van der Waals surface area contributed by atoms with Crippen LogP contribution in [0.15, 0.2) is 71.6 Å². The predicted molar refractivity (Wildman–Crippen MR) is 163 cm³/mol. The number of ether oxygens (including phenoxy) is 1. The fourth-order valence-corrected chi connectivity index (χ4v) is 7.25. The second-order valence-corrected chi connectivity index (χ2v) is 12.8. The summed E-state index contributed by atoms with van der Waals surface area (Å²) < 4.78 is 69.2. The molecule has 0 spiro atoms. The van der Waals surface area contributed by atoms with Crippen molar-refractivity contribution in [3.63, 3.8) is 0 Å². The number of unbranched alkanes of at least 4 members (excludes halogenated alkanes) is 2. The number of aromatic hydroxyl groups is 2. The number of carbonyl (C=O) groups is 1. The molecular weight excluding hydrogens is 615 g/mol. The largest absolute Gasteiger partial charge is 0.508 e. The standard InChI is InChI=1S/C34H37F5O5S/c1-32(24-10-12-25(40)13-11-24)21-45-29-20-26(41)14-17-28(29)30(32)22-8-15-27(16-9-22)44-19-4-2-3-6-23(31(42)43)7-5-18-33(35,36)34(37,38)39/h8-17,20,23,30,40-41H,2-7,18-19,21H2,1H3,(H,42,43). The van der Waals surface area contributed by atoms with Crippen LogP contribution >= 0.6 is 11.8 Å². The highest BCUT2D eigenvalue weighted by Gasteiger charge is 2.56. The van der Waals surface area contributed by atoms with E-state index in [0.717, 1.165) is 27.3 Å². The van der Waals surface area contributed by atoms with Crippen LogP contribution in [-0.4, -0.2) is 45.7 Å². The number of aliphatic carboxylic acids is 1. The average molecular weight is 653 g/mol. The van der Waals surface area contributed by atoms with Gasteiger partial charge in [0.05, 0.1) is 12.5 Å². The Morgan fingerprint density at radius 1 is 0.911 bits per heavy atom. The lowest BCUT2D eigenvalue weighted by Crippen LogP contribution is -2.36. The maximum absolute atomic E-state index is 13.1. The number of carboxylic acid groups (broad SMARTS) is 1. The first-order valence-electron chi connectivity index (χ1n) is 14.9. The quantitative estimate of drug-likeness (QED) is 0.119. The third-order valence-electron chi connectivity index (χ3n) is 8.49. The van der Waals surface area contributed by atoms with Gasteiger partial charge in [-0.15, -0.1) is 11.8 Å². The van der Waals surface area contributed by atoms with E-state index in [-0.39, 0.29) is 35.7 Å². The summed E-state index contributed by atoms with van der Waals surface area (Å²) in [4.78, 5) is 12.5. The van der Waals surface area contributed by atoms with E-state index >= 15 is 0 Å². The lowest BCUT2D eigenvalue weighted by molar-refractivity contribution is -0.284. The van der Waals surface area contributed by atoms with E-state index in [0.29, 0.717) is 31.6 Å². The second-order valence-electron chi connectivity index (χ2n) is 11.8. The molecule has 0 aliphatic carbocycles. The number of carboxylic acids is 1. The minimum Gasteiger partial charge on any atom is -0.508 e. The van der Waals surface area contributed by atoms with Crippen molar-refractivity contribution in [2.24, 2.45) is 5.92 Å². The van der Waals surface area contributed by atoms with Crippen LogP contribution in [0.3, 0.4) is 0 Å². The van der Waals surface area contributed by atoms with Crippen LogP contribution in [0.1, 0.15) is 74.5 Å². The summed E-state index contributed by atoms with van der Waals surface area (Å²) in [6, 6.07) is 20.5. The van der Waals surface area contributed by atoms with Gasteiger partial charge in [0, 0.05) is 28.4 Å². The first-order chi connectivity index (χ1) is 21.2. The number of fused-ring (bicyclic) bond motifs is 1. The summed E-state index contributed by atoms with van der Waals surface area (Å²) in [6.07, 6.45) is -5.89. The molecule has 3 unspecified atom stereocenters. The molecule has 4 rings (SSSR count). The van der Waals surface area contributed by atoms with Gasteiger partial charge in [-0.3, -0.25) is 4.79 Å². The van der Waals surface area contributed by atoms with Gasteiger partial charge in [0.15, 0.2) is 0 Å². The Balaban J connectivity index is 1.32. The number of thioether (sulfide) groups is 1. The van der Waals surface area contributed by atoms with Crippen molar-refractivity contribution in [1.29, 1.82) is 0 Å². The third kappa shape index (κ3) is 8.42. The van der Waals surface area contributed by atoms with Crippen LogP contribution in [0.5, 0.6) is 17.2 Å². The average Bonchev–Trinajstić information content (AvgIpc) is 2.98. The van der Waals surface area contributed by atoms with Crippen LogP contribution < -0.4 is 4.74 Å². The molecule has 3 aromatic rings. The zero-order chi connectivity index (χ0) is 32.8. The molecule has 3 atom stereocenters. The fourth-order valence-electron chi connectivity index (χ4n) is 5.90. The number of hydrogen-bond donors (Lipinski definition) is 3. The van der Waals surface area contributed by atoms with Gasteiger partial charge in [0.2, 0.25) is 0 Å². The van der Waals surface area contributed by atoms with Gasteiger partial charge in [0.25, 0.3) is 0 Å². The molecule has 5 nitrogen and oxygen atoms in total. The van der Waals surface area contributed by atoms with Crippen molar-refractivity contribution in [2.75, 3.05) is 12.4 Å². The Hall–Kier alpha value is -3.47. The van der Waals surface area contributed by atoms with Crippen molar-refractivity contribution in [3.8, 4) is 17.2 Å². The highest BCUT2D eigenvalue weighted by atomic mass is 32.2. The minimum absolute atomic E-state index is 0.0326. The smallest absolute Gasteiger partial charge is 0.453 e. The van der Waals surface area contributed by atoms with Crippen molar-refractivity contribution in [3.05, 3.63) is 83.4 Å². The lowest BCUT2D eigenvalue weighted by atomic mass is 9.67. The Morgan fingerprint density at radius 3 is 2.20 bits per heavy atom. The van der Waals surface area contributed by atoms with Crippen molar-refractivity contribution in [2.45, 2.75) is 80.2 Å². The summed E-state index contributed by atoms with van der Waals surface area (Å²) in [7, 11) is 0. The van der Waals surface area contributed by atoms with Crippen molar-refractivity contribution < 1.29 is 46.8 Å². The van der Waals surface area contributed by atoms with Crippen LogP contribution in [-0.2, 0) is 10.2 Å². The maximum Gasteiger partial charge on any atom is 0.453 e. The predicted octanol–water partition coefficient (Wildman–Crippen LogP) is 9.30. The Bertz CT molecular complexity index is 1430.